The van der Waals surface area contributed by atoms with Gasteiger partial charge in [0.05, 0.1) is 0 Å². The molecule has 3 heteroatoms. The highest BCUT2D eigenvalue weighted by molar-refractivity contribution is 14.1. The number of carbonyl (C=O) groups is 1. The summed E-state index contributed by atoms with van der Waals surface area (Å²) >= 11 is 5.74. The molecule has 64 valence electrons. The maximum absolute atomic E-state index is 10.2. The Bertz CT molecular complexity index is 266. The minimum atomic E-state index is 0.596. The molecule has 0 amide bonds. The largest absolute Gasteiger partial charge is 0.303 e. The molecule has 0 spiro atoms. The summed E-state index contributed by atoms with van der Waals surface area (Å²) < 4.78 is 2.31. The minimum absolute atomic E-state index is 0.596. The third-order valence-corrected chi connectivity index (χ3v) is 3.33. The second-order valence-corrected chi connectivity index (χ2v) is 4.42. The van der Waals surface area contributed by atoms with Gasteiger partial charge in [-0.1, -0.05) is 22.0 Å². The van der Waals surface area contributed by atoms with Crippen LogP contribution in [0.5, 0.6) is 0 Å². The average molecular weight is 339 g/mol. The Morgan fingerprint density at radius 3 is 2.83 bits per heavy atom. The first-order valence-corrected chi connectivity index (χ1v) is 5.49. The van der Waals surface area contributed by atoms with E-state index in [0.717, 1.165) is 17.2 Å². The Hall–Kier alpha value is 0.1000. The van der Waals surface area contributed by atoms with Crippen molar-refractivity contribution in [2.45, 2.75) is 12.8 Å². The minimum Gasteiger partial charge on any atom is -0.303 e. The van der Waals surface area contributed by atoms with E-state index in [0.29, 0.717) is 6.42 Å². The van der Waals surface area contributed by atoms with Crippen molar-refractivity contribution in [2.24, 2.45) is 0 Å². The third kappa shape index (κ3) is 2.55. The van der Waals surface area contributed by atoms with E-state index >= 15 is 0 Å². The highest BCUT2D eigenvalue weighted by Gasteiger charge is 2.02. The molecule has 1 rings (SSSR count). The van der Waals surface area contributed by atoms with Gasteiger partial charge >= 0.3 is 0 Å². The van der Waals surface area contributed by atoms with Gasteiger partial charge in [-0.05, 0) is 46.7 Å². The maximum Gasteiger partial charge on any atom is 0.120 e. The van der Waals surface area contributed by atoms with Crippen LogP contribution in [-0.2, 0) is 11.2 Å². The lowest BCUT2D eigenvalue weighted by Gasteiger charge is -2.03. The van der Waals surface area contributed by atoms with Gasteiger partial charge in [0.15, 0.2) is 0 Å². The molecule has 0 aromatic heterocycles. The van der Waals surface area contributed by atoms with Crippen molar-refractivity contribution in [3.8, 4) is 0 Å². The Morgan fingerprint density at radius 2 is 2.25 bits per heavy atom. The number of hydrogen-bond acceptors (Lipinski definition) is 1. The Morgan fingerprint density at radius 1 is 1.50 bits per heavy atom. The average Bonchev–Trinajstić information content (AvgIpc) is 2.04. The molecule has 1 nitrogen and oxygen atoms in total. The molecule has 1 aromatic rings. The fourth-order valence-corrected chi connectivity index (χ4v) is 2.68. The molecule has 1 aromatic carbocycles. The van der Waals surface area contributed by atoms with E-state index in [1.54, 1.807) is 0 Å². The molecule has 0 saturated carbocycles. The summed E-state index contributed by atoms with van der Waals surface area (Å²) in [6.07, 6.45) is 2.37. The van der Waals surface area contributed by atoms with Gasteiger partial charge in [0.1, 0.15) is 6.29 Å². The molecule has 0 aliphatic heterocycles. The zero-order valence-electron chi connectivity index (χ0n) is 6.39. The standard InChI is InChI=1S/C9H8BrIO/c10-8-4-1-5-9(11)7(8)3-2-6-12/h1,4-6H,2-3H2. The van der Waals surface area contributed by atoms with Crippen LogP contribution < -0.4 is 0 Å². The molecule has 0 fully saturated rings. The van der Waals surface area contributed by atoms with E-state index in [9.17, 15) is 4.79 Å². The van der Waals surface area contributed by atoms with Crippen LogP contribution in [0.1, 0.15) is 12.0 Å². The van der Waals surface area contributed by atoms with Crippen molar-refractivity contribution >= 4 is 44.8 Å². The van der Waals surface area contributed by atoms with E-state index < -0.39 is 0 Å². The van der Waals surface area contributed by atoms with Crippen LogP contribution in [0.3, 0.4) is 0 Å². The molecule has 0 heterocycles. The number of aldehydes is 1. The quantitative estimate of drug-likeness (QED) is 0.611. The zero-order valence-corrected chi connectivity index (χ0v) is 10.1. The molecule has 0 unspecified atom stereocenters. The van der Waals surface area contributed by atoms with E-state index in [-0.39, 0.29) is 0 Å². The van der Waals surface area contributed by atoms with Crippen LogP contribution in [0.25, 0.3) is 0 Å². The van der Waals surface area contributed by atoms with Crippen LogP contribution >= 0.6 is 38.5 Å². The molecule has 0 aliphatic carbocycles. The van der Waals surface area contributed by atoms with Crippen LogP contribution in [-0.4, -0.2) is 6.29 Å². The van der Waals surface area contributed by atoms with Crippen LogP contribution in [0.4, 0.5) is 0 Å². The monoisotopic (exact) mass is 338 g/mol. The van der Waals surface area contributed by atoms with Gasteiger partial charge in [0.25, 0.3) is 0 Å². The first-order chi connectivity index (χ1) is 5.75. The van der Waals surface area contributed by atoms with Gasteiger partial charge < -0.3 is 4.79 Å². The van der Waals surface area contributed by atoms with E-state index in [2.05, 4.69) is 38.5 Å². The van der Waals surface area contributed by atoms with Crippen LogP contribution in [0, 0.1) is 3.57 Å². The van der Waals surface area contributed by atoms with E-state index in [1.807, 2.05) is 18.2 Å². The molecular weight excluding hydrogens is 331 g/mol. The predicted octanol–water partition coefficient (Wildman–Crippen LogP) is 3.19. The lowest BCUT2D eigenvalue weighted by molar-refractivity contribution is -0.107. The number of hydrogen-bond donors (Lipinski definition) is 0. The number of benzene rings is 1. The zero-order chi connectivity index (χ0) is 8.97. The number of rotatable bonds is 3. The second kappa shape index (κ2) is 4.97. The fourth-order valence-electron chi connectivity index (χ4n) is 0.974. The molecule has 0 atom stereocenters. The summed E-state index contributed by atoms with van der Waals surface area (Å²) in [6.45, 7) is 0. The number of carbonyl (C=O) groups excluding carboxylic acids is 1. The SMILES string of the molecule is O=CCCc1c(Br)cccc1I. The van der Waals surface area contributed by atoms with Crippen molar-refractivity contribution in [1.82, 2.24) is 0 Å². The van der Waals surface area contributed by atoms with Crippen molar-refractivity contribution < 1.29 is 4.79 Å². The Kier molecular flexibility index (Phi) is 4.21. The lowest BCUT2D eigenvalue weighted by atomic mass is 10.1. The molecule has 0 saturated heterocycles. The van der Waals surface area contributed by atoms with Gasteiger partial charge in [-0.3, -0.25) is 0 Å². The normalized spacial score (nSPS) is 9.83. The summed E-state index contributed by atoms with van der Waals surface area (Å²) in [4.78, 5) is 10.2. The molecule has 0 radical (unpaired) electrons. The summed E-state index contributed by atoms with van der Waals surface area (Å²) in [5.74, 6) is 0. The first-order valence-electron chi connectivity index (χ1n) is 3.62. The van der Waals surface area contributed by atoms with E-state index in [4.69, 9.17) is 0 Å². The highest BCUT2D eigenvalue weighted by atomic mass is 127. The molecule has 12 heavy (non-hydrogen) atoms. The Balaban J connectivity index is 2.88. The second-order valence-electron chi connectivity index (χ2n) is 2.41. The third-order valence-electron chi connectivity index (χ3n) is 1.57. The highest BCUT2D eigenvalue weighted by Crippen LogP contribution is 2.22. The van der Waals surface area contributed by atoms with Crippen molar-refractivity contribution in [3.05, 3.63) is 31.8 Å². The summed E-state index contributed by atoms with van der Waals surface area (Å²) in [5.41, 5.74) is 1.23. The molecule has 0 aliphatic rings. The van der Waals surface area contributed by atoms with Gasteiger partial charge in [0.2, 0.25) is 0 Å². The lowest BCUT2D eigenvalue weighted by Crippen LogP contribution is -1.91. The van der Waals surface area contributed by atoms with Gasteiger partial charge in [-0.25, -0.2) is 0 Å². The van der Waals surface area contributed by atoms with Crippen LogP contribution in [0.15, 0.2) is 22.7 Å². The summed E-state index contributed by atoms with van der Waals surface area (Å²) in [6, 6.07) is 6.05. The Labute approximate surface area is 93.8 Å². The topological polar surface area (TPSA) is 17.1 Å². The predicted molar refractivity (Wildman–Crippen MR) is 61.2 cm³/mol. The van der Waals surface area contributed by atoms with Crippen molar-refractivity contribution in [3.63, 3.8) is 0 Å². The first kappa shape index (κ1) is 10.2. The molecule has 0 N–H and O–H groups in total. The molecular formula is C9H8BrIO. The summed E-state index contributed by atoms with van der Waals surface area (Å²) in [5, 5.41) is 0. The van der Waals surface area contributed by atoms with Crippen molar-refractivity contribution in [1.29, 1.82) is 0 Å². The number of halogens is 2. The summed E-state index contributed by atoms with van der Waals surface area (Å²) in [7, 11) is 0. The smallest absolute Gasteiger partial charge is 0.120 e. The fraction of sp³-hybridized carbons (Fsp3) is 0.222. The molecule has 0 bridgehead atoms. The van der Waals surface area contributed by atoms with Gasteiger partial charge in [0, 0.05) is 14.5 Å². The van der Waals surface area contributed by atoms with E-state index in [1.165, 1.54) is 9.13 Å². The maximum atomic E-state index is 10.2. The van der Waals surface area contributed by atoms with Crippen LogP contribution in [0.2, 0.25) is 0 Å². The van der Waals surface area contributed by atoms with Gasteiger partial charge in [-0.15, -0.1) is 0 Å². The van der Waals surface area contributed by atoms with Crippen molar-refractivity contribution in [2.75, 3.05) is 0 Å². The van der Waals surface area contributed by atoms with Gasteiger partial charge in [-0.2, -0.15) is 0 Å².